The summed E-state index contributed by atoms with van der Waals surface area (Å²) in [6, 6.07) is 4.60. The Kier molecular flexibility index (Phi) is 6.03. The highest BCUT2D eigenvalue weighted by Crippen LogP contribution is 2.28. The number of fused-ring (bicyclic) bond motifs is 1. The molecule has 0 N–H and O–H groups in total. The van der Waals surface area contributed by atoms with E-state index in [1.54, 1.807) is 24.0 Å². The summed E-state index contributed by atoms with van der Waals surface area (Å²) in [6.45, 7) is 7.29. The molecule has 1 aliphatic rings. The van der Waals surface area contributed by atoms with Crippen molar-refractivity contribution in [1.29, 1.82) is 0 Å². The average molecular weight is 422 g/mol. The van der Waals surface area contributed by atoms with Crippen LogP contribution in [0, 0.1) is 13.8 Å². The van der Waals surface area contributed by atoms with Gasteiger partial charge in [0.2, 0.25) is 0 Å². The second-order valence-electron chi connectivity index (χ2n) is 7.72. The van der Waals surface area contributed by atoms with E-state index in [9.17, 15) is 18.0 Å². The van der Waals surface area contributed by atoms with Gasteiger partial charge in [-0.3, -0.25) is 4.79 Å². The molecule has 2 heterocycles. The second-order valence-corrected chi connectivity index (χ2v) is 9.95. The molecule has 0 saturated carbocycles. The van der Waals surface area contributed by atoms with Crippen LogP contribution in [0.25, 0.3) is 11.0 Å². The summed E-state index contributed by atoms with van der Waals surface area (Å²) in [5.41, 5.74) is 1.47. The Labute approximate surface area is 170 Å². The Balaban J connectivity index is 1.81. The molecule has 0 radical (unpaired) electrons. The number of benzene rings is 1. The van der Waals surface area contributed by atoms with Gasteiger partial charge in [-0.1, -0.05) is 6.92 Å². The fourth-order valence-electron chi connectivity index (χ4n) is 3.87. The van der Waals surface area contributed by atoms with E-state index in [-0.39, 0.29) is 36.1 Å². The summed E-state index contributed by atoms with van der Waals surface area (Å²) >= 11 is 0. The normalized spacial score (nSPS) is 19.2. The topological polar surface area (TPSA) is 93.9 Å². The smallest absolute Gasteiger partial charge is 0.336 e. The maximum atomic E-state index is 12.9. The lowest BCUT2D eigenvalue weighted by molar-refractivity contribution is -0.137. The van der Waals surface area contributed by atoms with E-state index in [0.717, 1.165) is 17.4 Å². The largest absolute Gasteiger partial charge is 0.483 e. The van der Waals surface area contributed by atoms with Gasteiger partial charge in [0.15, 0.2) is 16.4 Å². The third kappa shape index (κ3) is 4.47. The number of sulfone groups is 1. The summed E-state index contributed by atoms with van der Waals surface area (Å²) in [5, 5.41) is 0.818. The van der Waals surface area contributed by atoms with Crippen molar-refractivity contribution in [3.8, 4) is 5.75 Å². The molecule has 0 aliphatic carbocycles. The summed E-state index contributed by atoms with van der Waals surface area (Å²) in [5.74, 6) is 0.332. The highest BCUT2D eigenvalue weighted by atomic mass is 32.2. The number of amides is 1. The predicted octanol–water partition coefficient (Wildman–Crippen LogP) is 2.60. The molecule has 3 rings (SSSR count). The molecular weight excluding hydrogens is 394 g/mol. The van der Waals surface area contributed by atoms with Crippen molar-refractivity contribution in [3.63, 3.8) is 0 Å². The molecule has 8 heteroatoms. The van der Waals surface area contributed by atoms with E-state index >= 15 is 0 Å². The first kappa shape index (κ1) is 21.4. The van der Waals surface area contributed by atoms with Crippen LogP contribution in [0.15, 0.2) is 27.4 Å². The third-order valence-electron chi connectivity index (χ3n) is 5.62. The highest BCUT2D eigenvalue weighted by molar-refractivity contribution is 7.91. The van der Waals surface area contributed by atoms with Gasteiger partial charge in [-0.2, -0.15) is 0 Å². The first-order valence-corrected chi connectivity index (χ1v) is 11.6. The number of nitrogens with zero attached hydrogens (tertiary/aromatic N) is 1. The summed E-state index contributed by atoms with van der Waals surface area (Å²) < 4.78 is 34.9. The standard InChI is InChI=1S/C21H27NO6S/c1-5-14(3)22(16-8-9-29(25,26)12-16)19(23)11-27-18-7-6-17-13(2)10-20(24)28-21(17)15(18)4/h6-7,10,14,16H,5,8-9,11-12H2,1-4H3/t14-,16-/m0/s1. The van der Waals surface area contributed by atoms with Crippen LogP contribution in [0.1, 0.15) is 37.8 Å². The molecule has 1 amide bonds. The maximum Gasteiger partial charge on any atom is 0.336 e. The Morgan fingerprint density at radius 1 is 1.34 bits per heavy atom. The van der Waals surface area contributed by atoms with Crippen LogP contribution < -0.4 is 10.4 Å². The van der Waals surface area contributed by atoms with E-state index in [4.69, 9.17) is 9.15 Å². The highest BCUT2D eigenvalue weighted by Gasteiger charge is 2.36. The SMILES string of the molecule is CC[C@H](C)N(C(=O)COc1ccc2c(C)cc(=O)oc2c1C)[C@H]1CCS(=O)(=O)C1. The van der Waals surface area contributed by atoms with E-state index in [1.807, 2.05) is 20.8 Å². The second kappa shape index (κ2) is 8.18. The van der Waals surface area contributed by atoms with Gasteiger partial charge < -0.3 is 14.1 Å². The van der Waals surface area contributed by atoms with Crippen LogP contribution >= 0.6 is 0 Å². The van der Waals surface area contributed by atoms with Crippen molar-refractivity contribution < 1.29 is 22.4 Å². The van der Waals surface area contributed by atoms with Crippen molar-refractivity contribution in [3.05, 3.63) is 39.7 Å². The molecule has 1 saturated heterocycles. The molecular formula is C21H27NO6S. The van der Waals surface area contributed by atoms with Crippen LogP contribution in [0.3, 0.4) is 0 Å². The van der Waals surface area contributed by atoms with Gasteiger partial charge in [-0.05, 0) is 51.3 Å². The van der Waals surface area contributed by atoms with Gasteiger partial charge in [0.25, 0.3) is 5.91 Å². The molecule has 1 fully saturated rings. The van der Waals surface area contributed by atoms with Gasteiger partial charge in [0.1, 0.15) is 11.3 Å². The van der Waals surface area contributed by atoms with E-state index in [1.165, 1.54) is 6.07 Å². The van der Waals surface area contributed by atoms with E-state index in [0.29, 0.717) is 23.3 Å². The Bertz CT molecular complexity index is 1090. The molecule has 29 heavy (non-hydrogen) atoms. The molecule has 1 aromatic heterocycles. The van der Waals surface area contributed by atoms with Crippen LogP contribution in [0.2, 0.25) is 0 Å². The molecule has 2 atom stereocenters. The van der Waals surface area contributed by atoms with Gasteiger partial charge in [0.05, 0.1) is 11.5 Å². The molecule has 0 bridgehead atoms. The van der Waals surface area contributed by atoms with Crippen molar-refractivity contribution in [1.82, 2.24) is 4.90 Å². The lowest BCUT2D eigenvalue weighted by Gasteiger charge is -2.33. The zero-order valence-electron chi connectivity index (χ0n) is 17.2. The summed E-state index contributed by atoms with van der Waals surface area (Å²) in [7, 11) is -3.10. The molecule has 0 spiro atoms. The molecule has 7 nitrogen and oxygen atoms in total. The van der Waals surface area contributed by atoms with Gasteiger partial charge in [-0.25, -0.2) is 13.2 Å². The van der Waals surface area contributed by atoms with Crippen molar-refractivity contribution in [2.24, 2.45) is 0 Å². The number of ether oxygens (including phenoxy) is 1. The Morgan fingerprint density at radius 2 is 2.07 bits per heavy atom. The van der Waals surface area contributed by atoms with Crippen LogP contribution in [-0.2, 0) is 14.6 Å². The number of carbonyl (C=O) groups excluding carboxylic acids is 1. The van der Waals surface area contributed by atoms with Crippen LogP contribution in [0.5, 0.6) is 5.75 Å². The van der Waals surface area contributed by atoms with Gasteiger partial charge in [-0.15, -0.1) is 0 Å². The van der Waals surface area contributed by atoms with Crippen molar-refractivity contribution in [2.75, 3.05) is 18.1 Å². The predicted molar refractivity (Wildman–Crippen MR) is 111 cm³/mol. The first-order chi connectivity index (χ1) is 13.6. The lowest BCUT2D eigenvalue weighted by Crippen LogP contribution is -2.48. The van der Waals surface area contributed by atoms with Crippen molar-refractivity contribution in [2.45, 2.75) is 52.6 Å². The maximum absolute atomic E-state index is 12.9. The third-order valence-corrected chi connectivity index (χ3v) is 7.38. The number of aryl methyl sites for hydroxylation is 2. The zero-order valence-corrected chi connectivity index (χ0v) is 18.0. The average Bonchev–Trinajstić information content (AvgIpc) is 3.00. The van der Waals surface area contributed by atoms with Crippen LogP contribution in [0.4, 0.5) is 0 Å². The summed E-state index contributed by atoms with van der Waals surface area (Å²) in [4.78, 5) is 26.3. The van der Waals surface area contributed by atoms with Crippen LogP contribution in [-0.4, -0.2) is 49.4 Å². The number of carbonyl (C=O) groups is 1. The molecule has 2 aromatic rings. The minimum absolute atomic E-state index is 0.00250. The fourth-order valence-corrected chi connectivity index (χ4v) is 5.58. The van der Waals surface area contributed by atoms with E-state index in [2.05, 4.69) is 0 Å². The number of rotatable bonds is 6. The van der Waals surface area contributed by atoms with Gasteiger partial charge in [0, 0.05) is 29.1 Å². The monoisotopic (exact) mass is 421 g/mol. The molecule has 0 unspecified atom stereocenters. The first-order valence-electron chi connectivity index (χ1n) is 9.81. The molecule has 1 aromatic carbocycles. The minimum atomic E-state index is -3.10. The Hall–Kier alpha value is -2.35. The number of hydrogen-bond donors (Lipinski definition) is 0. The number of hydrogen-bond acceptors (Lipinski definition) is 6. The Morgan fingerprint density at radius 3 is 2.69 bits per heavy atom. The van der Waals surface area contributed by atoms with E-state index < -0.39 is 15.5 Å². The minimum Gasteiger partial charge on any atom is -0.483 e. The lowest BCUT2D eigenvalue weighted by atomic mass is 10.1. The quantitative estimate of drug-likeness (QED) is 0.666. The molecule has 158 valence electrons. The summed E-state index contributed by atoms with van der Waals surface area (Å²) in [6.07, 6.45) is 1.18. The fraction of sp³-hybridized carbons (Fsp3) is 0.524. The zero-order chi connectivity index (χ0) is 21.3. The molecule has 1 aliphatic heterocycles. The van der Waals surface area contributed by atoms with Crippen molar-refractivity contribution >= 4 is 26.7 Å². The van der Waals surface area contributed by atoms with Gasteiger partial charge >= 0.3 is 5.63 Å².